The van der Waals surface area contributed by atoms with E-state index in [-0.39, 0.29) is 6.04 Å². The topological polar surface area (TPSA) is 49.8 Å². The highest BCUT2D eigenvalue weighted by molar-refractivity contribution is 7.19. The molecule has 1 aromatic heterocycles. The van der Waals surface area contributed by atoms with E-state index in [1.165, 1.54) is 15.0 Å². The van der Waals surface area contributed by atoms with Gasteiger partial charge >= 0.3 is 5.97 Å². The van der Waals surface area contributed by atoms with Gasteiger partial charge in [0, 0.05) is 16.1 Å². The third-order valence-electron chi connectivity index (χ3n) is 5.11. The van der Waals surface area contributed by atoms with E-state index in [2.05, 4.69) is 35.2 Å². The Hall–Kier alpha value is -2.37. The van der Waals surface area contributed by atoms with Crippen LogP contribution >= 0.6 is 11.3 Å². The number of hydrogen-bond donors (Lipinski definition) is 1. The minimum Gasteiger partial charge on any atom is -0.494 e. The minimum atomic E-state index is -0.737. The zero-order valence-corrected chi connectivity index (χ0v) is 16.1. The van der Waals surface area contributed by atoms with Crippen LogP contribution in [-0.2, 0) is 4.79 Å². The van der Waals surface area contributed by atoms with Crippen LogP contribution in [0.2, 0.25) is 0 Å². The first-order valence-corrected chi connectivity index (χ1v) is 10.2. The second-order valence-corrected chi connectivity index (χ2v) is 7.94. The van der Waals surface area contributed by atoms with Crippen LogP contribution in [0.4, 0.5) is 0 Å². The lowest BCUT2D eigenvalue weighted by atomic mass is 10.0. The van der Waals surface area contributed by atoms with E-state index < -0.39 is 12.0 Å². The molecule has 1 aliphatic heterocycles. The predicted molar refractivity (Wildman–Crippen MR) is 109 cm³/mol. The molecule has 1 N–H and O–H groups in total. The predicted octanol–water partition coefficient (Wildman–Crippen LogP) is 4.94. The van der Waals surface area contributed by atoms with Crippen molar-refractivity contribution in [2.24, 2.45) is 0 Å². The number of likely N-dealkylation sites (tertiary alicyclic amines) is 1. The molecule has 1 fully saturated rings. The molecule has 27 heavy (non-hydrogen) atoms. The number of ether oxygens (including phenoxy) is 1. The summed E-state index contributed by atoms with van der Waals surface area (Å²) in [7, 11) is 0. The molecule has 0 bridgehead atoms. The zero-order chi connectivity index (χ0) is 18.8. The third kappa shape index (κ3) is 3.57. The van der Waals surface area contributed by atoms with Gasteiger partial charge in [0.05, 0.1) is 12.6 Å². The highest BCUT2D eigenvalue weighted by Crippen LogP contribution is 2.40. The fourth-order valence-electron chi connectivity index (χ4n) is 3.96. The van der Waals surface area contributed by atoms with Gasteiger partial charge in [-0.25, -0.2) is 0 Å². The van der Waals surface area contributed by atoms with Crippen molar-refractivity contribution in [3.63, 3.8) is 0 Å². The van der Waals surface area contributed by atoms with Crippen LogP contribution < -0.4 is 4.74 Å². The highest BCUT2D eigenvalue weighted by Gasteiger charge is 2.37. The summed E-state index contributed by atoms with van der Waals surface area (Å²) in [5.74, 6) is 0.0896. The molecule has 0 spiro atoms. The van der Waals surface area contributed by atoms with E-state index in [0.717, 1.165) is 24.3 Å². The van der Waals surface area contributed by atoms with Gasteiger partial charge in [0.25, 0.3) is 0 Å². The molecule has 3 aromatic rings. The quantitative estimate of drug-likeness (QED) is 0.657. The number of thiophene rings is 1. The Morgan fingerprint density at radius 1 is 1.26 bits per heavy atom. The van der Waals surface area contributed by atoms with Gasteiger partial charge in [-0.2, -0.15) is 0 Å². The van der Waals surface area contributed by atoms with Crippen molar-refractivity contribution in [1.29, 1.82) is 0 Å². The molecule has 0 radical (unpaired) electrons. The minimum absolute atomic E-state index is 0.0774. The first kappa shape index (κ1) is 18.0. The van der Waals surface area contributed by atoms with Crippen molar-refractivity contribution in [2.75, 3.05) is 13.2 Å². The van der Waals surface area contributed by atoms with E-state index in [1.807, 2.05) is 31.2 Å². The number of fused-ring (bicyclic) bond motifs is 1. The Labute approximate surface area is 163 Å². The van der Waals surface area contributed by atoms with Gasteiger partial charge in [0.15, 0.2) is 0 Å². The Bertz CT molecular complexity index is 918. The molecular weight excluding hydrogens is 358 g/mol. The zero-order valence-electron chi connectivity index (χ0n) is 15.3. The van der Waals surface area contributed by atoms with Gasteiger partial charge in [-0.15, -0.1) is 11.3 Å². The molecule has 4 rings (SSSR count). The van der Waals surface area contributed by atoms with Crippen LogP contribution in [0.15, 0.2) is 54.6 Å². The Kier molecular flexibility index (Phi) is 5.14. The van der Waals surface area contributed by atoms with Crippen LogP contribution in [-0.4, -0.2) is 35.2 Å². The second kappa shape index (κ2) is 7.71. The van der Waals surface area contributed by atoms with Crippen LogP contribution in [0.5, 0.6) is 5.75 Å². The fourth-order valence-corrected chi connectivity index (χ4v) is 5.18. The summed E-state index contributed by atoms with van der Waals surface area (Å²) in [5.41, 5.74) is 1.08. The summed E-state index contributed by atoms with van der Waals surface area (Å²) < 4.78 is 6.92. The summed E-state index contributed by atoms with van der Waals surface area (Å²) >= 11 is 1.74. The summed E-state index contributed by atoms with van der Waals surface area (Å²) in [5, 5.41) is 10.9. The Morgan fingerprint density at radius 3 is 2.89 bits per heavy atom. The maximum absolute atomic E-state index is 11.9. The smallest absolute Gasteiger partial charge is 0.320 e. The largest absolute Gasteiger partial charge is 0.494 e. The standard InChI is InChI=1S/C22H23NO3S/c1-2-26-17-9-5-8-16(13-17)21(23-12-6-10-18(23)22(24)25)20-14-15-7-3-4-11-19(15)27-20/h3-5,7-9,11,13-14,18,21H,2,6,10,12H2,1H3,(H,24,25). The molecule has 0 saturated carbocycles. The molecule has 1 saturated heterocycles. The van der Waals surface area contributed by atoms with Crippen molar-refractivity contribution in [2.45, 2.75) is 31.8 Å². The van der Waals surface area contributed by atoms with Gasteiger partial charge in [0.2, 0.25) is 0 Å². The summed E-state index contributed by atoms with van der Waals surface area (Å²) in [4.78, 5) is 15.2. The highest BCUT2D eigenvalue weighted by atomic mass is 32.1. The molecule has 2 unspecified atom stereocenters. The monoisotopic (exact) mass is 381 g/mol. The molecule has 2 atom stereocenters. The van der Waals surface area contributed by atoms with Gasteiger partial charge in [-0.05, 0) is 55.0 Å². The van der Waals surface area contributed by atoms with Crippen LogP contribution in [0, 0.1) is 0 Å². The Balaban J connectivity index is 1.82. The molecule has 140 valence electrons. The van der Waals surface area contributed by atoms with Crippen LogP contribution in [0.3, 0.4) is 0 Å². The van der Waals surface area contributed by atoms with Crippen molar-refractivity contribution >= 4 is 27.4 Å². The molecule has 0 aliphatic carbocycles. The average Bonchev–Trinajstić information content (AvgIpc) is 3.30. The third-order valence-corrected chi connectivity index (χ3v) is 6.28. The lowest BCUT2D eigenvalue weighted by molar-refractivity contribution is -0.142. The second-order valence-electron chi connectivity index (χ2n) is 6.83. The fraction of sp³-hybridized carbons (Fsp3) is 0.318. The molecule has 5 heteroatoms. The number of nitrogens with zero attached hydrogens (tertiary/aromatic N) is 1. The van der Waals surface area contributed by atoms with Crippen LogP contribution in [0.25, 0.3) is 10.1 Å². The van der Waals surface area contributed by atoms with Gasteiger partial charge < -0.3 is 9.84 Å². The number of carboxylic acid groups (broad SMARTS) is 1. The van der Waals surface area contributed by atoms with Crippen LogP contribution in [0.1, 0.15) is 36.2 Å². The van der Waals surface area contributed by atoms with E-state index in [4.69, 9.17) is 4.74 Å². The SMILES string of the molecule is CCOc1cccc(C(c2cc3ccccc3s2)N2CCCC2C(=O)O)c1. The van der Waals surface area contributed by atoms with Gasteiger partial charge in [-0.1, -0.05) is 30.3 Å². The Morgan fingerprint density at radius 2 is 2.11 bits per heavy atom. The lowest BCUT2D eigenvalue weighted by Gasteiger charge is -2.31. The number of rotatable bonds is 6. The van der Waals surface area contributed by atoms with Crippen molar-refractivity contribution < 1.29 is 14.6 Å². The number of benzene rings is 2. The molecular formula is C22H23NO3S. The normalized spacial score (nSPS) is 18.6. The molecule has 4 nitrogen and oxygen atoms in total. The number of carbonyl (C=O) groups is 1. The summed E-state index contributed by atoms with van der Waals surface area (Å²) in [6.45, 7) is 3.37. The maximum atomic E-state index is 11.9. The van der Waals surface area contributed by atoms with Crippen molar-refractivity contribution in [3.05, 3.63) is 65.0 Å². The lowest BCUT2D eigenvalue weighted by Crippen LogP contribution is -2.39. The summed E-state index contributed by atoms with van der Waals surface area (Å²) in [6.07, 6.45) is 1.60. The van der Waals surface area contributed by atoms with E-state index in [9.17, 15) is 9.90 Å². The maximum Gasteiger partial charge on any atom is 0.320 e. The van der Waals surface area contributed by atoms with E-state index >= 15 is 0 Å². The number of aliphatic carboxylic acids is 1. The van der Waals surface area contributed by atoms with E-state index in [0.29, 0.717) is 13.0 Å². The number of carboxylic acids is 1. The molecule has 2 aromatic carbocycles. The van der Waals surface area contributed by atoms with E-state index in [1.54, 1.807) is 11.3 Å². The first-order chi connectivity index (χ1) is 13.2. The number of hydrogen-bond acceptors (Lipinski definition) is 4. The first-order valence-electron chi connectivity index (χ1n) is 9.37. The van der Waals surface area contributed by atoms with Gasteiger partial charge in [-0.3, -0.25) is 9.69 Å². The average molecular weight is 381 g/mol. The van der Waals surface area contributed by atoms with Crippen molar-refractivity contribution in [3.8, 4) is 5.75 Å². The molecule has 2 heterocycles. The molecule has 1 aliphatic rings. The molecule has 0 amide bonds. The van der Waals surface area contributed by atoms with Crippen molar-refractivity contribution in [1.82, 2.24) is 4.90 Å². The van der Waals surface area contributed by atoms with Gasteiger partial charge in [0.1, 0.15) is 11.8 Å². The summed E-state index contributed by atoms with van der Waals surface area (Å²) in [6, 6.07) is 18.1.